The average Bonchev–Trinajstić information content (AvgIpc) is 3.14. The highest BCUT2D eigenvalue weighted by atomic mass is 32.2. The number of rotatable bonds is 5. The van der Waals surface area contributed by atoms with E-state index < -0.39 is 0 Å². The van der Waals surface area contributed by atoms with Gasteiger partial charge in [0.15, 0.2) is 5.82 Å². The highest BCUT2D eigenvalue weighted by Gasteiger charge is 2.24. The van der Waals surface area contributed by atoms with E-state index in [9.17, 15) is 9.59 Å². The number of nitrogens with one attached hydrogen (secondary N) is 1. The van der Waals surface area contributed by atoms with E-state index >= 15 is 0 Å². The van der Waals surface area contributed by atoms with Crippen molar-refractivity contribution in [2.75, 3.05) is 16.9 Å². The van der Waals surface area contributed by atoms with Crippen LogP contribution in [0.2, 0.25) is 0 Å². The van der Waals surface area contributed by atoms with Crippen molar-refractivity contribution < 1.29 is 4.79 Å². The summed E-state index contributed by atoms with van der Waals surface area (Å²) in [6.45, 7) is 7.74. The zero-order valence-electron chi connectivity index (χ0n) is 17.1. The van der Waals surface area contributed by atoms with Crippen molar-refractivity contribution in [2.24, 2.45) is 7.05 Å². The molecule has 9 nitrogen and oxygen atoms in total. The number of nitrogen functional groups attached to an aromatic ring is 1. The van der Waals surface area contributed by atoms with Crippen molar-refractivity contribution in [3.63, 3.8) is 0 Å². The molecule has 29 heavy (non-hydrogen) atoms. The molecule has 3 rings (SSSR count). The van der Waals surface area contributed by atoms with Crippen LogP contribution in [-0.2, 0) is 17.3 Å². The fraction of sp³-hybridized carbons (Fsp3) is 0.368. The van der Waals surface area contributed by atoms with Crippen LogP contribution in [-0.4, -0.2) is 35.9 Å². The number of aromatic nitrogens is 5. The van der Waals surface area contributed by atoms with E-state index in [1.54, 1.807) is 18.7 Å². The first-order chi connectivity index (χ1) is 13.6. The maximum absolute atomic E-state index is 12.9. The molecule has 2 heterocycles. The molecule has 10 heteroatoms. The third kappa shape index (κ3) is 4.07. The van der Waals surface area contributed by atoms with Crippen molar-refractivity contribution in [1.82, 2.24) is 24.2 Å². The Balaban J connectivity index is 1.76. The topological polar surface area (TPSA) is 113 Å². The third-order valence-electron chi connectivity index (χ3n) is 4.49. The molecule has 0 saturated carbocycles. The Labute approximate surface area is 172 Å². The summed E-state index contributed by atoms with van der Waals surface area (Å²) in [5.41, 5.74) is 1.10. The van der Waals surface area contributed by atoms with Gasteiger partial charge in [0.1, 0.15) is 5.69 Å². The predicted octanol–water partition coefficient (Wildman–Crippen LogP) is 1.82. The molecule has 2 aromatic heterocycles. The number of carbonyl (C=O) groups excluding carboxylic acids is 1. The number of nitrogens with zero attached hydrogens (tertiary/aromatic N) is 5. The van der Waals surface area contributed by atoms with Crippen LogP contribution in [0.15, 0.2) is 40.3 Å². The van der Waals surface area contributed by atoms with Crippen LogP contribution in [0.4, 0.5) is 5.69 Å². The van der Waals surface area contributed by atoms with Gasteiger partial charge in [0.05, 0.1) is 17.1 Å². The van der Waals surface area contributed by atoms with Gasteiger partial charge in [0.2, 0.25) is 11.1 Å². The van der Waals surface area contributed by atoms with E-state index in [1.807, 2.05) is 51.1 Å². The second kappa shape index (κ2) is 7.78. The SMILES string of the molecule is Cc1c(NC(=O)CSc2nnc(C(C)(C)C)n2N)c(=O)n(-c2ccccc2)n1C. The van der Waals surface area contributed by atoms with Gasteiger partial charge >= 0.3 is 0 Å². The molecule has 0 saturated heterocycles. The minimum atomic E-state index is -0.318. The van der Waals surface area contributed by atoms with Gasteiger partial charge in [-0.1, -0.05) is 50.7 Å². The van der Waals surface area contributed by atoms with E-state index in [4.69, 9.17) is 5.84 Å². The first-order valence-electron chi connectivity index (χ1n) is 9.09. The smallest absolute Gasteiger partial charge is 0.295 e. The molecule has 0 spiro atoms. The number of nitrogens with two attached hydrogens (primary N) is 1. The molecule has 154 valence electrons. The van der Waals surface area contributed by atoms with E-state index in [0.717, 1.165) is 5.69 Å². The fourth-order valence-corrected chi connectivity index (χ4v) is 3.56. The van der Waals surface area contributed by atoms with E-state index in [0.29, 0.717) is 16.7 Å². The van der Waals surface area contributed by atoms with Gasteiger partial charge < -0.3 is 11.2 Å². The van der Waals surface area contributed by atoms with Crippen LogP contribution < -0.4 is 16.7 Å². The molecule has 0 bridgehead atoms. The maximum atomic E-state index is 12.9. The lowest BCUT2D eigenvalue weighted by atomic mass is 9.96. The molecule has 0 aliphatic rings. The molecule has 3 N–H and O–H groups in total. The van der Waals surface area contributed by atoms with Crippen LogP contribution in [0.5, 0.6) is 0 Å². The highest BCUT2D eigenvalue weighted by molar-refractivity contribution is 7.99. The van der Waals surface area contributed by atoms with E-state index in [1.165, 1.54) is 21.1 Å². The summed E-state index contributed by atoms with van der Waals surface area (Å²) >= 11 is 1.17. The Bertz CT molecular complexity index is 1090. The van der Waals surface area contributed by atoms with E-state index in [2.05, 4.69) is 15.5 Å². The second-order valence-corrected chi connectivity index (χ2v) is 8.64. The number of thioether (sulfide) groups is 1. The fourth-order valence-electron chi connectivity index (χ4n) is 2.90. The number of hydrogen-bond acceptors (Lipinski definition) is 6. The molecule has 0 atom stereocenters. The molecule has 0 radical (unpaired) electrons. The Morgan fingerprint density at radius 3 is 2.45 bits per heavy atom. The molecule has 0 aliphatic carbocycles. The standard InChI is InChI=1S/C19H25N7O2S/c1-12-15(16(28)26(24(12)5)13-9-7-6-8-10-13)21-14(27)11-29-18-23-22-17(25(18)20)19(2,3)4/h6-10H,11,20H2,1-5H3,(H,21,27). The van der Waals surface area contributed by atoms with Gasteiger partial charge in [-0.3, -0.25) is 14.3 Å². The number of para-hydroxylation sites is 1. The monoisotopic (exact) mass is 415 g/mol. The number of anilines is 1. The minimum Gasteiger partial charge on any atom is -0.336 e. The van der Waals surface area contributed by atoms with Gasteiger partial charge in [-0.2, -0.15) is 0 Å². The van der Waals surface area contributed by atoms with Crippen LogP contribution in [0, 0.1) is 6.92 Å². The Hall–Kier alpha value is -3.01. The quantitative estimate of drug-likeness (QED) is 0.485. The maximum Gasteiger partial charge on any atom is 0.295 e. The van der Waals surface area contributed by atoms with Crippen LogP contribution in [0.25, 0.3) is 5.69 Å². The highest BCUT2D eigenvalue weighted by Crippen LogP contribution is 2.23. The van der Waals surface area contributed by atoms with Crippen LogP contribution in [0.3, 0.4) is 0 Å². The largest absolute Gasteiger partial charge is 0.336 e. The van der Waals surface area contributed by atoms with E-state index in [-0.39, 0.29) is 28.3 Å². The Kier molecular flexibility index (Phi) is 5.56. The lowest BCUT2D eigenvalue weighted by molar-refractivity contribution is -0.113. The molecule has 0 aliphatic heterocycles. The van der Waals surface area contributed by atoms with Crippen molar-refractivity contribution >= 4 is 23.4 Å². The zero-order chi connectivity index (χ0) is 21.3. The number of amides is 1. The van der Waals surface area contributed by atoms with Crippen molar-refractivity contribution in [3.8, 4) is 5.69 Å². The minimum absolute atomic E-state index is 0.0542. The number of benzene rings is 1. The second-order valence-electron chi connectivity index (χ2n) is 7.70. The molecular weight excluding hydrogens is 390 g/mol. The van der Waals surface area contributed by atoms with Gasteiger partial charge in [-0.25, -0.2) is 9.36 Å². The summed E-state index contributed by atoms with van der Waals surface area (Å²) < 4.78 is 4.63. The van der Waals surface area contributed by atoms with Gasteiger partial charge in [-0.15, -0.1) is 10.2 Å². The Morgan fingerprint density at radius 1 is 1.21 bits per heavy atom. The van der Waals surface area contributed by atoms with Crippen LogP contribution in [0.1, 0.15) is 32.3 Å². The van der Waals surface area contributed by atoms with Gasteiger partial charge in [0, 0.05) is 12.5 Å². The summed E-state index contributed by atoms with van der Waals surface area (Å²) in [6, 6.07) is 9.26. The summed E-state index contributed by atoms with van der Waals surface area (Å²) in [4.78, 5) is 25.3. The summed E-state index contributed by atoms with van der Waals surface area (Å²) in [7, 11) is 1.78. The van der Waals surface area contributed by atoms with Gasteiger partial charge in [0.25, 0.3) is 5.56 Å². The lowest BCUT2D eigenvalue weighted by Crippen LogP contribution is -2.25. The third-order valence-corrected chi connectivity index (χ3v) is 5.43. The number of carbonyl (C=O) groups is 1. The first-order valence-corrected chi connectivity index (χ1v) is 10.1. The first kappa shape index (κ1) is 20.7. The summed E-state index contributed by atoms with van der Waals surface area (Å²) in [5.74, 6) is 6.41. The molecule has 1 aromatic carbocycles. The van der Waals surface area contributed by atoms with Gasteiger partial charge in [-0.05, 0) is 19.1 Å². The predicted molar refractivity (Wildman–Crippen MR) is 114 cm³/mol. The van der Waals surface area contributed by atoms with Crippen molar-refractivity contribution in [2.45, 2.75) is 38.3 Å². The molecule has 1 amide bonds. The number of hydrogen-bond donors (Lipinski definition) is 2. The lowest BCUT2D eigenvalue weighted by Gasteiger charge is -2.16. The zero-order valence-corrected chi connectivity index (χ0v) is 17.9. The molecule has 3 aromatic rings. The molecule has 0 fully saturated rings. The normalized spacial score (nSPS) is 11.6. The molecule has 0 unspecified atom stereocenters. The van der Waals surface area contributed by atoms with Crippen LogP contribution >= 0.6 is 11.8 Å². The Morgan fingerprint density at radius 2 is 1.86 bits per heavy atom. The molecular formula is C19H25N7O2S. The summed E-state index contributed by atoms with van der Waals surface area (Å²) in [5, 5.41) is 11.3. The van der Waals surface area contributed by atoms with Crippen molar-refractivity contribution in [1.29, 1.82) is 0 Å². The average molecular weight is 416 g/mol. The van der Waals surface area contributed by atoms with Crippen molar-refractivity contribution in [3.05, 3.63) is 52.2 Å². The summed E-state index contributed by atoms with van der Waals surface area (Å²) in [6.07, 6.45) is 0.